The van der Waals surface area contributed by atoms with Crippen LogP contribution in [0.4, 0.5) is 11.4 Å². The minimum absolute atomic E-state index is 0.140. The lowest BCUT2D eigenvalue weighted by Crippen LogP contribution is -2.22. The second-order valence-corrected chi connectivity index (χ2v) is 4.28. The summed E-state index contributed by atoms with van der Waals surface area (Å²) < 4.78 is 0. The van der Waals surface area contributed by atoms with E-state index < -0.39 is 4.92 Å². The summed E-state index contributed by atoms with van der Waals surface area (Å²) in [5.74, 6) is -0.333. The number of aromatic nitrogens is 2. The van der Waals surface area contributed by atoms with E-state index in [9.17, 15) is 14.9 Å². The number of nitro groups is 1. The largest absolute Gasteiger partial charge is 0.374 e. The summed E-state index contributed by atoms with van der Waals surface area (Å²) in [5.41, 5.74) is 1.27. The Morgan fingerprint density at radius 2 is 2.29 bits per heavy atom. The van der Waals surface area contributed by atoms with Crippen molar-refractivity contribution < 1.29 is 9.72 Å². The number of H-pyrrole nitrogens is 1. The Morgan fingerprint density at radius 3 is 2.90 bits per heavy atom. The lowest BCUT2D eigenvalue weighted by atomic mass is 10.1. The second kappa shape index (κ2) is 6.51. The Labute approximate surface area is 120 Å². The Kier molecular flexibility index (Phi) is 4.50. The van der Waals surface area contributed by atoms with E-state index in [1.165, 1.54) is 18.5 Å². The Hall–Kier alpha value is -2.90. The van der Waals surface area contributed by atoms with E-state index in [-0.39, 0.29) is 17.2 Å². The molecular weight excluding hydrogens is 274 g/mol. The fourth-order valence-electron chi connectivity index (χ4n) is 1.81. The summed E-state index contributed by atoms with van der Waals surface area (Å²) in [6.45, 7) is 2.63. The Bertz CT molecular complexity index is 639. The van der Waals surface area contributed by atoms with E-state index in [1.807, 2.05) is 0 Å². The fraction of sp³-hybridized carbons (Fsp3) is 0.231. The smallest absolute Gasteiger partial charge is 0.293 e. The highest BCUT2D eigenvalue weighted by Gasteiger charge is 2.17. The van der Waals surface area contributed by atoms with Crippen molar-refractivity contribution in [1.82, 2.24) is 15.3 Å². The van der Waals surface area contributed by atoms with Crippen LogP contribution < -0.4 is 10.6 Å². The van der Waals surface area contributed by atoms with Crippen LogP contribution in [0.15, 0.2) is 30.7 Å². The molecule has 1 aromatic carbocycles. The SMILES string of the molecule is CCNC(=O)c1ccc(NCc2cnc[nH]2)c([N+](=O)[O-])c1. The maximum absolute atomic E-state index is 11.7. The maximum Gasteiger partial charge on any atom is 0.293 e. The number of imidazole rings is 1. The predicted molar refractivity (Wildman–Crippen MR) is 77.0 cm³/mol. The molecule has 0 aliphatic carbocycles. The number of benzene rings is 1. The third kappa shape index (κ3) is 3.56. The van der Waals surface area contributed by atoms with Gasteiger partial charge in [0.2, 0.25) is 0 Å². The zero-order chi connectivity index (χ0) is 15.2. The molecule has 2 aromatic rings. The Morgan fingerprint density at radius 1 is 1.48 bits per heavy atom. The second-order valence-electron chi connectivity index (χ2n) is 4.28. The molecule has 0 aliphatic rings. The molecule has 0 spiro atoms. The van der Waals surface area contributed by atoms with Crippen LogP contribution >= 0.6 is 0 Å². The summed E-state index contributed by atoms with van der Waals surface area (Å²) in [4.78, 5) is 29.1. The number of anilines is 1. The monoisotopic (exact) mass is 289 g/mol. The van der Waals surface area contributed by atoms with E-state index in [0.717, 1.165) is 5.69 Å². The number of nitrogens with one attached hydrogen (secondary N) is 3. The fourth-order valence-corrected chi connectivity index (χ4v) is 1.81. The van der Waals surface area contributed by atoms with E-state index in [2.05, 4.69) is 20.6 Å². The number of carbonyl (C=O) groups is 1. The number of hydrogen-bond acceptors (Lipinski definition) is 5. The molecule has 0 radical (unpaired) electrons. The summed E-state index contributed by atoms with van der Waals surface area (Å²) in [7, 11) is 0. The number of nitro benzene ring substituents is 1. The molecule has 1 aromatic heterocycles. The third-order valence-corrected chi connectivity index (χ3v) is 2.82. The zero-order valence-corrected chi connectivity index (χ0v) is 11.4. The molecule has 2 rings (SSSR count). The van der Waals surface area contributed by atoms with Crippen LogP contribution in [0.3, 0.4) is 0 Å². The van der Waals surface area contributed by atoms with Gasteiger partial charge in [-0.05, 0) is 19.1 Å². The standard InChI is InChI=1S/C13H15N5O3/c1-2-15-13(19)9-3-4-11(12(5-9)18(20)21)16-7-10-6-14-8-17-10/h3-6,8,16H,2,7H2,1H3,(H,14,17)(H,15,19). The van der Waals surface area contributed by atoms with E-state index >= 15 is 0 Å². The van der Waals surface area contributed by atoms with E-state index in [4.69, 9.17) is 0 Å². The van der Waals surface area contributed by atoms with Gasteiger partial charge in [0.05, 0.1) is 23.5 Å². The lowest BCUT2D eigenvalue weighted by molar-refractivity contribution is -0.384. The molecule has 0 unspecified atom stereocenters. The number of rotatable bonds is 6. The molecule has 8 heteroatoms. The molecule has 0 bridgehead atoms. The van der Waals surface area contributed by atoms with Crippen molar-refractivity contribution in [2.45, 2.75) is 13.5 Å². The van der Waals surface area contributed by atoms with Gasteiger partial charge in [-0.3, -0.25) is 14.9 Å². The first-order valence-corrected chi connectivity index (χ1v) is 6.39. The first kappa shape index (κ1) is 14.5. The highest BCUT2D eigenvalue weighted by Crippen LogP contribution is 2.26. The van der Waals surface area contributed by atoms with Crippen molar-refractivity contribution in [2.75, 3.05) is 11.9 Å². The van der Waals surface area contributed by atoms with Gasteiger partial charge in [-0.2, -0.15) is 0 Å². The molecule has 8 nitrogen and oxygen atoms in total. The van der Waals surface area contributed by atoms with Gasteiger partial charge in [-0.15, -0.1) is 0 Å². The average Bonchev–Trinajstić information content (AvgIpc) is 2.98. The van der Waals surface area contributed by atoms with Crippen LogP contribution in [0.2, 0.25) is 0 Å². The zero-order valence-electron chi connectivity index (χ0n) is 11.4. The molecule has 0 fully saturated rings. The summed E-state index contributed by atoms with van der Waals surface area (Å²) in [5, 5.41) is 16.7. The van der Waals surface area contributed by atoms with Crippen LogP contribution in [-0.4, -0.2) is 27.3 Å². The molecule has 110 valence electrons. The molecule has 21 heavy (non-hydrogen) atoms. The third-order valence-electron chi connectivity index (χ3n) is 2.82. The normalized spacial score (nSPS) is 10.1. The van der Waals surface area contributed by atoms with Crippen molar-refractivity contribution in [3.63, 3.8) is 0 Å². The van der Waals surface area contributed by atoms with Crippen LogP contribution in [0.1, 0.15) is 23.0 Å². The summed E-state index contributed by atoms with van der Waals surface area (Å²) in [6, 6.07) is 4.34. The minimum atomic E-state index is -0.516. The molecule has 1 heterocycles. The number of amides is 1. The quantitative estimate of drug-likeness (QED) is 0.553. The van der Waals surface area contributed by atoms with E-state index in [1.54, 1.807) is 19.2 Å². The van der Waals surface area contributed by atoms with Gasteiger partial charge in [0.25, 0.3) is 11.6 Å². The van der Waals surface area contributed by atoms with Crippen molar-refractivity contribution in [3.05, 3.63) is 52.1 Å². The number of aromatic amines is 1. The molecular formula is C13H15N5O3. The minimum Gasteiger partial charge on any atom is -0.374 e. The number of nitrogens with zero attached hydrogens (tertiary/aromatic N) is 2. The Balaban J connectivity index is 2.20. The highest BCUT2D eigenvalue weighted by atomic mass is 16.6. The van der Waals surface area contributed by atoms with Gasteiger partial charge >= 0.3 is 0 Å². The van der Waals surface area contributed by atoms with Gasteiger partial charge in [-0.25, -0.2) is 4.98 Å². The highest BCUT2D eigenvalue weighted by molar-refractivity contribution is 5.95. The maximum atomic E-state index is 11.7. The van der Waals surface area contributed by atoms with Crippen molar-refractivity contribution in [3.8, 4) is 0 Å². The van der Waals surface area contributed by atoms with Crippen molar-refractivity contribution >= 4 is 17.3 Å². The number of carbonyl (C=O) groups excluding carboxylic acids is 1. The van der Waals surface area contributed by atoms with E-state index in [0.29, 0.717) is 18.8 Å². The molecule has 0 saturated heterocycles. The van der Waals surface area contributed by atoms with Crippen LogP contribution in [0.25, 0.3) is 0 Å². The van der Waals surface area contributed by atoms with Crippen LogP contribution in [0, 0.1) is 10.1 Å². The van der Waals surface area contributed by atoms with Crippen molar-refractivity contribution in [1.29, 1.82) is 0 Å². The predicted octanol–water partition coefficient (Wildman–Crippen LogP) is 1.68. The summed E-state index contributed by atoms with van der Waals surface area (Å²) >= 11 is 0. The van der Waals surface area contributed by atoms with Gasteiger partial charge < -0.3 is 15.6 Å². The molecule has 0 atom stereocenters. The van der Waals surface area contributed by atoms with Gasteiger partial charge in [-0.1, -0.05) is 0 Å². The number of hydrogen-bond donors (Lipinski definition) is 3. The van der Waals surface area contributed by atoms with Gasteiger partial charge in [0, 0.05) is 24.4 Å². The summed E-state index contributed by atoms with van der Waals surface area (Å²) in [6.07, 6.45) is 3.16. The first-order valence-electron chi connectivity index (χ1n) is 6.39. The lowest BCUT2D eigenvalue weighted by Gasteiger charge is -2.08. The molecule has 0 aliphatic heterocycles. The molecule has 0 saturated carbocycles. The molecule has 3 N–H and O–H groups in total. The van der Waals surface area contributed by atoms with Crippen LogP contribution in [-0.2, 0) is 6.54 Å². The van der Waals surface area contributed by atoms with Crippen molar-refractivity contribution in [2.24, 2.45) is 0 Å². The topological polar surface area (TPSA) is 113 Å². The van der Waals surface area contributed by atoms with Gasteiger partial charge in [0.1, 0.15) is 5.69 Å². The first-order chi connectivity index (χ1) is 10.1. The van der Waals surface area contributed by atoms with Gasteiger partial charge in [0.15, 0.2) is 0 Å². The average molecular weight is 289 g/mol. The van der Waals surface area contributed by atoms with Crippen LogP contribution in [0.5, 0.6) is 0 Å². The molecule has 1 amide bonds.